The topological polar surface area (TPSA) is 84.9 Å². The first-order valence-corrected chi connectivity index (χ1v) is 11.4. The minimum absolute atomic E-state index is 0.0700. The first kappa shape index (κ1) is 23.1. The second-order valence-corrected chi connectivity index (χ2v) is 9.09. The van der Waals surface area contributed by atoms with Gasteiger partial charge in [-0.15, -0.1) is 0 Å². The Hall–Kier alpha value is -3.52. The van der Waals surface area contributed by atoms with Crippen molar-refractivity contribution in [1.82, 2.24) is 0 Å². The molecule has 0 saturated carbocycles. The molecule has 0 saturated heterocycles. The molecule has 0 fully saturated rings. The van der Waals surface area contributed by atoms with E-state index in [1.807, 2.05) is 13.0 Å². The van der Waals surface area contributed by atoms with Crippen LogP contribution in [-0.2, 0) is 14.8 Å². The molecule has 1 N–H and O–H groups in total. The Balaban J connectivity index is 1.96. The molecular weight excluding hydrogens is 428 g/mol. The van der Waals surface area contributed by atoms with E-state index in [-0.39, 0.29) is 4.90 Å². The van der Waals surface area contributed by atoms with Crippen molar-refractivity contribution in [1.29, 1.82) is 0 Å². The van der Waals surface area contributed by atoms with Gasteiger partial charge in [0.15, 0.2) is 0 Å². The Morgan fingerprint density at radius 3 is 2.19 bits per heavy atom. The Morgan fingerprint density at radius 1 is 0.906 bits per heavy atom. The fourth-order valence-electron chi connectivity index (χ4n) is 3.29. The van der Waals surface area contributed by atoms with E-state index in [1.165, 1.54) is 26.4 Å². The number of aryl methyl sites for hydroxylation is 2. The van der Waals surface area contributed by atoms with Gasteiger partial charge in [-0.05, 0) is 67.4 Å². The Labute approximate surface area is 188 Å². The van der Waals surface area contributed by atoms with Crippen LogP contribution in [0, 0.1) is 13.8 Å². The van der Waals surface area contributed by atoms with Gasteiger partial charge in [0.1, 0.15) is 18.0 Å². The smallest absolute Gasteiger partial charge is 0.264 e. The first-order valence-electron chi connectivity index (χ1n) is 9.93. The molecule has 0 atom stereocenters. The lowest BCUT2D eigenvalue weighted by molar-refractivity contribution is -0.114. The molecule has 8 heteroatoms. The number of ether oxygens (including phenoxy) is 2. The number of carbonyl (C=O) groups excluding carboxylic acids is 1. The van der Waals surface area contributed by atoms with Gasteiger partial charge in [0.25, 0.3) is 10.0 Å². The van der Waals surface area contributed by atoms with Crippen molar-refractivity contribution in [3.8, 4) is 11.5 Å². The van der Waals surface area contributed by atoms with E-state index in [0.717, 1.165) is 9.87 Å². The van der Waals surface area contributed by atoms with Gasteiger partial charge >= 0.3 is 0 Å². The van der Waals surface area contributed by atoms with E-state index >= 15 is 0 Å². The molecule has 3 rings (SSSR count). The number of carbonyl (C=O) groups is 1. The molecule has 0 aliphatic rings. The van der Waals surface area contributed by atoms with E-state index in [9.17, 15) is 13.2 Å². The minimum atomic E-state index is -4.03. The highest BCUT2D eigenvalue weighted by Crippen LogP contribution is 2.28. The number of nitrogens with zero attached hydrogens (tertiary/aromatic N) is 1. The largest absolute Gasteiger partial charge is 0.496 e. The number of hydrogen-bond acceptors (Lipinski definition) is 5. The van der Waals surface area contributed by atoms with Crippen molar-refractivity contribution in [3.05, 3.63) is 77.9 Å². The lowest BCUT2D eigenvalue weighted by Gasteiger charge is -2.24. The molecule has 32 heavy (non-hydrogen) atoms. The van der Waals surface area contributed by atoms with Crippen LogP contribution < -0.4 is 19.1 Å². The molecule has 3 aromatic rings. The summed E-state index contributed by atoms with van der Waals surface area (Å²) in [5, 5.41) is 2.77. The molecule has 1 amide bonds. The van der Waals surface area contributed by atoms with Crippen LogP contribution in [0.3, 0.4) is 0 Å². The minimum Gasteiger partial charge on any atom is -0.496 e. The van der Waals surface area contributed by atoms with Crippen LogP contribution in [-0.4, -0.2) is 35.1 Å². The molecule has 3 aromatic carbocycles. The molecule has 0 unspecified atom stereocenters. The molecule has 0 heterocycles. The van der Waals surface area contributed by atoms with Gasteiger partial charge in [-0.25, -0.2) is 8.42 Å². The first-order chi connectivity index (χ1) is 15.3. The summed E-state index contributed by atoms with van der Waals surface area (Å²) in [4.78, 5) is 13.0. The Kier molecular flexibility index (Phi) is 7.05. The molecular formula is C24H26N2O5S. The van der Waals surface area contributed by atoms with Crippen molar-refractivity contribution in [2.75, 3.05) is 30.4 Å². The Bertz CT molecular complexity index is 1210. The van der Waals surface area contributed by atoms with Gasteiger partial charge < -0.3 is 14.8 Å². The summed E-state index contributed by atoms with van der Waals surface area (Å²) in [5.74, 6) is 0.579. The second-order valence-electron chi connectivity index (χ2n) is 7.23. The van der Waals surface area contributed by atoms with Crippen LogP contribution in [0.2, 0.25) is 0 Å². The molecule has 0 aliphatic carbocycles. The zero-order chi connectivity index (χ0) is 23.3. The third kappa shape index (κ3) is 5.03. The lowest BCUT2D eigenvalue weighted by Crippen LogP contribution is -2.38. The van der Waals surface area contributed by atoms with Crippen molar-refractivity contribution < 1.29 is 22.7 Å². The standard InChI is InChI=1S/C24H26N2O5S/c1-17-10-12-23(31-4)21(14-17)25-24(27)16-26(19-8-6-5-7-9-19)32(28,29)20-11-13-22(30-3)18(2)15-20/h5-15H,16H2,1-4H3,(H,25,27). The van der Waals surface area contributed by atoms with Crippen LogP contribution in [0.5, 0.6) is 11.5 Å². The van der Waals surface area contributed by atoms with E-state index in [4.69, 9.17) is 9.47 Å². The summed E-state index contributed by atoms with van der Waals surface area (Å²) < 4.78 is 38.7. The van der Waals surface area contributed by atoms with E-state index in [0.29, 0.717) is 28.4 Å². The zero-order valence-electron chi connectivity index (χ0n) is 18.5. The highest BCUT2D eigenvalue weighted by atomic mass is 32.2. The summed E-state index contributed by atoms with van der Waals surface area (Å²) in [6, 6.07) is 18.5. The number of hydrogen-bond donors (Lipinski definition) is 1. The number of sulfonamides is 1. The average molecular weight is 455 g/mol. The number of methoxy groups -OCH3 is 2. The van der Waals surface area contributed by atoms with Gasteiger partial charge in [-0.2, -0.15) is 0 Å². The van der Waals surface area contributed by atoms with Gasteiger partial charge in [-0.1, -0.05) is 24.3 Å². The Morgan fingerprint density at radius 2 is 1.56 bits per heavy atom. The lowest BCUT2D eigenvalue weighted by atomic mass is 10.2. The summed E-state index contributed by atoms with van der Waals surface area (Å²) in [6.07, 6.45) is 0. The van der Waals surface area contributed by atoms with Gasteiger partial charge in [-0.3, -0.25) is 9.10 Å². The van der Waals surface area contributed by atoms with Crippen LogP contribution in [0.4, 0.5) is 11.4 Å². The third-order valence-corrected chi connectivity index (χ3v) is 6.68. The fourth-order valence-corrected chi connectivity index (χ4v) is 4.79. The van der Waals surface area contributed by atoms with Crippen molar-refractivity contribution >= 4 is 27.3 Å². The molecule has 0 spiro atoms. The molecule has 0 aromatic heterocycles. The molecule has 7 nitrogen and oxygen atoms in total. The molecule has 0 radical (unpaired) electrons. The summed E-state index contributed by atoms with van der Waals surface area (Å²) >= 11 is 0. The van der Waals surface area contributed by atoms with Crippen LogP contribution >= 0.6 is 0 Å². The van der Waals surface area contributed by atoms with Crippen LogP contribution in [0.25, 0.3) is 0 Å². The molecule has 0 bridgehead atoms. The average Bonchev–Trinajstić information content (AvgIpc) is 2.78. The SMILES string of the molecule is COc1ccc(S(=O)(=O)N(CC(=O)Nc2cc(C)ccc2OC)c2ccccc2)cc1C. The predicted octanol–water partition coefficient (Wildman–Crippen LogP) is 4.15. The normalized spacial score (nSPS) is 11.0. The molecule has 0 aliphatic heterocycles. The molecule has 168 valence electrons. The predicted molar refractivity (Wildman–Crippen MR) is 125 cm³/mol. The number of amides is 1. The number of rotatable bonds is 8. The fraction of sp³-hybridized carbons (Fsp3) is 0.208. The van der Waals surface area contributed by atoms with Gasteiger partial charge in [0, 0.05) is 0 Å². The monoisotopic (exact) mass is 454 g/mol. The third-order valence-electron chi connectivity index (χ3n) is 4.91. The van der Waals surface area contributed by atoms with Crippen molar-refractivity contribution in [3.63, 3.8) is 0 Å². The maximum Gasteiger partial charge on any atom is 0.264 e. The van der Waals surface area contributed by atoms with Gasteiger partial charge in [0.05, 0.1) is 30.5 Å². The van der Waals surface area contributed by atoms with E-state index in [2.05, 4.69) is 5.32 Å². The highest BCUT2D eigenvalue weighted by molar-refractivity contribution is 7.92. The maximum absolute atomic E-state index is 13.5. The van der Waals surface area contributed by atoms with Gasteiger partial charge in [0.2, 0.25) is 5.91 Å². The van der Waals surface area contributed by atoms with Crippen LogP contribution in [0.1, 0.15) is 11.1 Å². The van der Waals surface area contributed by atoms with Crippen molar-refractivity contribution in [2.24, 2.45) is 0 Å². The van der Waals surface area contributed by atoms with Crippen LogP contribution in [0.15, 0.2) is 71.6 Å². The van der Waals surface area contributed by atoms with E-state index in [1.54, 1.807) is 55.5 Å². The number of anilines is 2. The second kappa shape index (κ2) is 9.74. The maximum atomic E-state index is 13.5. The number of nitrogens with one attached hydrogen (secondary N) is 1. The summed E-state index contributed by atoms with van der Waals surface area (Å²) in [5.41, 5.74) is 2.47. The zero-order valence-corrected chi connectivity index (χ0v) is 19.3. The highest BCUT2D eigenvalue weighted by Gasteiger charge is 2.28. The summed E-state index contributed by atoms with van der Waals surface area (Å²) in [6.45, 7) is 3.25. The number of benzene rings is 3. The van der Waals surface area contributed by atoms with Crippen molar-refractivity contribution in [2.45, 2.75) is 18.7 Å². The summed E-state index contributed by atoms with van der Waals surface area (Å²) in [7, 11) is -0.996. The quantitative estimate of drug-likeness (QED) is 0.553. The van der Waals surface area contributed by atoms with E-state index < -0.39 is 22.5 Å². The number of para-hydroxylation sites is 1.